The van der Waals surface area contributed by atoms with E-state index in [-0.39, 0.29) is 5.41 Å². The lowest BCUT2D eigenvalue weighted by Crippen LogP contribution is -2.31. The van der Waals surface area contributed by atoms with E-state index in [0.29, 0.717) is 0 Å². The number of nitrogens with zero attached hydrogens (tertiary/aromatic N) is 4. The van der Waals surface area contributed by atoms with Crippen LogP contribution in [0.2, 0.25) is 0 Å². The highest BCUT2D eigenvalue weighted by Crippen LogP contribution is 2.34. The molecular weight excluding hydrogens is 226 g/mol. The van der Waals surface area contributed by atoms with Crippen LogP contribution >= 0.6 is 0 Å². The first-order valence-electron chi connectivity index (χ1n) is 6.64. The Kier molecular flexibility index (Phi) is 2.78. The monoisotopic (exact) mass is 245 g/mol. The van der Waals surface area contributed by atoms with Crippen molar-refractivity contribution >= 4 is 5.65 Å². The fourth-order valence-electron chi connectivity index (χ4n) is 2.99. The lowest BCUT2D eigenvalue weighted by atomic mass is 9.81. The van der Waals surface area contributed by atoms with Gasteiger partial charge < -0.3 is 5.32 Å². The number of aromatic nitrogens is 4. The highest BCUT2D eigenvalue weighted by atomic mass is 15.3. The van der Waals surface area contributed by atoms with Gasteiger partial charge in [-0.1, -0.05) is 13.3 Å². The summed E-state index contributed by atoms with van der Waals surface area (Å²) in [7, 11) is 0. The predicted molar refractivity (Wildman–Crippen MR) is 69.6 cm³/mol. The molecule has 0 aliphatic carbocycles. The number of hydrogen-bond donors (Lipinski definition) is 1. The Labute approximate surface area is 107 Å². The van der Waals surface area contributed by atoms with Crippen molar-refractivity contribution in [2.45, 2.75) is 38.5 Å². The van der Waals surface area contributed by atoms with Gasteiger partial charge in [-0.25, -0.2) is 4.98 Å². The summed E-state index contributed by atoms with van der Waals surface area (Å²) in [5.74, 6) is 1.07. The maximum Gasteiger partial charge on any atom is 0.163 e. The molecule has 0 spiro atoms. The van der Waals surface area contributed by atoms with Crippen molar-refractivity contribution in [1.29, 1.82) is 0 Å². The van der Waals surface area contributed by atoms with E-state index < -0.39 is 0 Å². The van der Waals surface area contributed by atoms with Crippen molar-refractivity contribution in [2.75, 3.05) is 13.1 Å². The molecule has 1 saturated heterocycles. The van der Waals surface area contributed by atoms with Crippen molar-refractivity contribution in [3.05, 3.63) is 23.9 Å². The Balaban J connectivity index is 2.12. The van der Waals surface area contributed by atoms with E-state index in [1.54, 1.807) is 0 Å². The Morgan fingerprint density at radius 2 is 2.33 bits per heavy atom. The van der Waals surface area contributed by atoms with Crippen molar-refractivity contribution in [3.8, 4) is 0 Å². The minimum Gasteiger partial charge on any atom is -0.316 e. The van der Waals surface area contributed by atoms with Gasteiger partial charge in [-0.3, -0.25) is 4.40 Å². The standard InChI is InChI=1S/C13H19N5/c1-3-4-13(5-6-14-8-13)12-17-16-11-7-10(2)15-9-18(11)12/h7,9,14H,3-6,8H2,1-2H3. The molecule has 1 fully saturated rings. The molecule has 1 unspecified atom stereocenters. The molecule has 0 amide bonds. The summed E-state index contributed by atoms with van der Waals surface area (Å²) in [6, 6.07) is 1.98. The highest BCUT2D eigenvalue weighted by Gasteiger charge is 2.38. The zero-order valence-corrected chi connectivity index (χ0v) is 11.0. The fraction of sp³-hybridized carbons (Fsp3) is 0.615. The minimum atomic E-state index is 0.130. The lowest BCUT2D eigenvalue weighted by Gasteiger charge is -2.25. The van der Waals surface area contributed by atoms with Crippen LogP contribution in [-0.4, -0.2) is 32.7 Å². The number of rotatable bonds is 3. The predicted octanol–water partition coefficient (Wildman–Crippen LogP) is 1.46. The van der Waals surface area contributed by atoms with Crippen LogP contribution in [0, 0.1) is 6.92 Å². The van der Waals surface area contributed by atoms with E-state index in [4.69, 9.17) is 0 Å². The van der Waals surface area contributed by atoms with E-state index in [1.165, 1.54) is 0 Å². The fourth-order valence-corrected chi connectivity index (χ4v) is 2.99. The number of fused-ring (bicyclic) bond motifs is 1. The molecule has 0 bridgehead atoms. The van der Waals surface area contributed by atoms with Crippen LogP contribution in [0.5, 0.6) is 0 Å². The molecule has 1 N–H and O–H groups in total. The molecule has 1 aliphatic rings. The third kappa shape index (κ3) is 1.70. The molecule has 5 nitrogen and oxygen atoms in total. The largest absolute Gasteiger partial charge is 0.316 e. The van der Waals surface area contributed by atoms with Gasteiger partial charge >= 0.3 is 0 Å². The summed E-state index contributed by atoms with van der Waals surface area (Å²) in [4.78, 5) is 4.37. The number of aryl methyl sites for hydroxylation is 1. The Morgan fingerprint density at radius 3 is 3.06 bits per heavy atom. The molecule has 0 aromatic carbocycles. The molecule has 2 aromatic rings. The van der Waals surface area contributed by atoms with Gasteiger partial charge in [-0.05, 0) is 26.3 Å². The molecule has 3 heterocycles. The normalized spacial score (nSPS) is 23.9. The van der Waals surface area contributed by atoms with Gasteiger partial charge in [0.25, 0.3) is 0 Å². The summed E-state index contributed by atoms with van der Waals surface area (Å²) < 4.78 is 2.05. The van der Waals surface area contributed by atoms with E-state index in [9.17, 15) is 0 Å². The first-order chi connectivity index (χ1) is 8.75. The topological polar surface area (TPSA) is 55.1 Å². The van der Waals surface area contributed by atoms with Gasteiger partial charge in [0.1, 0.15) is 12.2 Å². The molecule has 1 aliphatic heterocycles. The maximum atomic E-state index is 4.44. The van der Waals surface area contributed by atoms with Crippen LogP contribution in [0.25, 0.3) is 5.65 Å². The molecular formula is C13H19N5. The molecule has 2 aromatic heterocycles. The van der Waals surface area contributed by atoms with Crippen LogP contribution in [0.15, 0.2) is 12.4 Å². The smallest absolute Gasteiger partial charge is 0.163 e. The highest BCUT2D eigenvalue weighted by molar-refractivity contribution is 5.39. The SMILES string of the molecule is CCCC1(c2nnc3cc(C)ncn23)CCNC1. The third-order valence-corrected chi connectivity index (χ3v) is 3.88. The summed E-state index contributed by atoms with van der Waals surface area (Å²) >= 11 is 0. The summed E-state index contributed by atoms with van der Waals surface area (Å²) in [6.07, 6.45) is 5.30. The third-order valence-electron chi connectivity index (χ3n) is 3.88. The second kappa shape index (κ2) is 4.31. The van der Waals surface area contributed by atoms with Crippen LogP contribution in [0.3, 0.4) is 0 Å². The lowest BCUT2D eigenvalue weighted by molar-refractivity contribution is 0.398. The second-order valence-electron chi connectivity index (χ2n) is 5.24. The van der Waals surface area contributed by atoms with Crippen LogP contribution in [0.1, 0.15) is 37.7 Å². The maximum absolute atomic E-state index is 4.44. The molecule has 18 heavy (non-hydrogen) atoms. The minimum absolute atomic E-state index is 0.130. The average Bonchev–Trinajstić information content (AvgIpc) is 2.96. The van der Waals surface area contributed by atoms with Gasteiger partial charge in [0.15, 0.2) is 5.65 Å². The Bertz CT molecular complexity index is 554. The summed E-state index contributed by atoms with van der Waals surface area (Å²) in [5.41, 5.74) is 2.01. The van der Waals surface area contributed by atoms with Crippen LogP contribution < -0.4 is 5.32 Å². The van der Waals surface area contributed by atoms with Crippen molar-refractivity contribution in [1.82, 2.24) is 24.9 Å². The van der Waals surface area contributed by atoms with E-state index in [0.717, 1.165) is 49.5 Å². The first kappa shape index (κ1) is 11.6. The van der Waals surface area contributed by atoms with Crippen molar-refractivity contribution in [3.63, 3.8) is 0 Å². The summed E-state index contributed by atoms with van der Waals surface area (Å²) in [5, 5.41) is 12.2. The van der Waals surface area contributed by atoms with Crippen molar-refractivity contribution < 1.29 is 0 Å². The van der Waals surface area contributed by atoms with Gasteiger partial charge in [-0.2, -0.15) is 0 Å². The summed E-state index contributed by atoms with van der Waals surface area (Å²) in [6.45, 7) is 6.27. The zero-order chi connectivity index (χ0) is 12.6. The van der Waals surface area contributed by atoms with Crippen LogP contribution in [0.4, 0.5) is 0 Å². The van der Waals surface area contributed by atoms with Crippen molar-refractivity contribution in [2.24, 2.45) is 0 Å². The average molecular weight is 245 g/mol. The Hall–Kier alpha value is -1.49. The number of nitrogens with one attached hydrogen (secondary N) is 1. The number of hydrogen-bond acceptors (Lipinski definition) is 4. The second-order valence-corrected chi connectivity index (χ2v) is 5.24. The van der Waals surface area contributed by atoms with Gasteiger partial charge in [0.2, 0.25) is 0 Å². The van der Waals surface area contributed by atoms with E-state index >= 15 is 0 Å². The molecule has 3 rings (SSSR count). The Morgan fingerprint density at radius 1 is 1.44 bits per heavy atom. The van der Waals surface area contributed by atoms with E-state index in [1.807, 2.05) is 19.3 Å². The molecule has 1 atom stereocenters. The van der Waals surface area contributed by atoms with Gasteiger partial charge in [-0.15, -0.1) is 10.2 Å². The molecule has 5 heteroatoms. The quantitative estimate of drug-likeness (QED) is 0.889. The van der Waals surface area contributed by atoms with Crippen LogP contribution in [-0.2, 0) is 5.41 Å². The molecule has 0 radical (unpaired) electrons. The molecule has 0 saturated carbocycles. The first-order valence-corrected chi connectivity index (χ1v) is 6.64. The van der Waals surface area contributed by atoms with Gasteiger partial charge in [0, 0.05) is 23.7 Å². The zero-order valence-electron chi connectivity index (χ0n) is 11.0. The van der Waals surface area contributed by atoms with E-state index in [2.05, 4.69) is 31.8 Å². The molecule has 96 valence electrons. The van der Waals surface area contributed by atoms with Gasteiger partial charge in [0.05, 0.1) is 0 Å².